The summed E-state index contributed by atoms with van der Waals surface area (Å²) in [6.45, 7) is 1.42. The highest BCUT2D eigenvalue weighted by atomic mass is 32.1. The number of hydrogen-bond acceptors (Lipinski definition) is 4. The van der Waals surface area contributed by atoms with Gasteiger partial charge >= 0.3 is 0 Å². The molecule has 2 N–H and O–H groups in total. The summed E-state index contributed by atoms with van der Waals surface area (Å²) in [5.41, 5.74) is 3.76. The number of carbonyl (C=O) groups is 1. The molecule has 1 aliphatic heterocycles. The summed E-state index contributed by atoms with van der Waals surface area (Å²) < 4.78 is 13.0. The second-order valence-corrected chi connectivity index (χ2v) is 7.07. The molecule has 0 radical (unpaired) electrons. The zero-order chi connectivity index (χ0) is 17.9. The molecule has 0 bridgehead atoms. The highest BCUT2D eigenvalue weighted by Crippen LogP contribution is 2.24. The lowest BCUT2D eigenvalue weighted by Crippen LogP contribution is -2.38. The lowest BCUT2D eigenvalue weighted by molar-refractivity contribution is 0.0945. The molecule has 2 heterocycles. The number of benzene rings is 2. The van der Waals surface area contributed by atoms with E-state index >= 15 is 0 Å². The summed E-state index contributed by atoms with van der Waals surface area (Å²) in [5, 5.41) is 8.85. The maximum absolute atomic E-state index is 13.0. The molecule has 1 amide bonds. The Morgan fingerprint density at radius 3 is 2.88 bits per heavy atom. The molecule has 2 aromatic carbocycles. The van der Waals surface area contributed by atoms with Crippen molar-refractivity contribution < 1.29 is 9.18 Å². The van der Waals surface area contributed by atoms with E-state index in [1.54, 1.807) is 17.5 Å². The third-order valence-corrected chi connectivity index (χ3v) is 5.40. The summed E-state index contributed by atoms with van der Waals surface area (Å²) in [5.74, 6) is -0.483. The van der Waals surface area contributed by atoms with Crippen LogP contribution in [0.4, 0.5) is 4.39 Å². The van der Waals surface area contributed by atoms with Gasteiger partial charge in [-0.25, -0.2) is 9.37 Å². The Kier molecular flexibility index (Phi) is 4.77. The van der Waals surface area contributed by atoms with Crippen molar-refractivity contribution in [1.29, 1.82) is 0 Å². The van der Waals surface area contributed by atoms with E-state index in [0.717, 1.165) is 18.5 Å². The zero-order valence-corrected chi connectivity index (χ0v) is 14.9. The summed E-state index contributed by atoms with van der Waals surface area (Å²) in [7, 11) is 0. The van der Waals surface area contributed by atoms with Gasteiger partial charge in [0.15, 0.2) is 0 Å². The number of carbonyl (C=O) groups excluding carboxylic acids is 1. The quantitative estimate of drug-likeness (QED) is 0.741. The van der Waals surface area contributed by atoms with E-state index in [1.165, 1.54) is 34.6 Å². The maximum atomic E-state index is 13.0. The van der Waals surface area contributed by atoms with Crippen LogP contribution in [0.25, 0.3) is 10.6 Å². The molecule has 3 aromatic rings. The van der Waals surface area contributed by atoms with E-state index in [1.807, 2.05) is 12.1 Å². The van der Waals surface area contributed by atoms with Crippen LogP contribution in [0.15, 0.2) is 53.9 Å². The number of rotatable bonds is 4. The first-order chi connectivity index (χ1) is 12.7. The molecule has 26 heavy (non-hydrogen) atoms. The first-order valence-electron chi connectivity index (χ1n) is 8.51. The van der Waals surface area contributed by atoms with E-state index < -0.39 is 0 Å². The number of thiazole rings is 1. The van der Waals surface area contributed by atoms with Crippen molar-refractivity contribution in [2.45, 2.75) is 12.5 Å². The molecule has 0 saturated heterocycles. The maximum Gasteiger partial charge on any atom is 0.270 e. The fourth-order valence-corrected chi connectivity index (χ4v) is 3.97. The SMILES string of the molecule is O=C(NCC1NCCc2ccccc21)c1csc(-c2ccc(F)cc2)n1. The molecule has 0 aliphatic carbocycles. The van der Waals surface area contributed by atoms with Gasteiger partial charge in [-0.15, -0.1) is 11.3 Å². The van der Waals surface area contributed by atoms with Crippen LogP contribution in [-0.4, -0.2) is 24.0 Å². The van der Waals surface area contributed by atoms with Crippen molar-refractivity contribution in [3.05, 3.63) is 76.5 Å². The van der Waals surface area contributed by atoms with Crippen molar-refractivity contribution in [2.24, 2.45) is 0 Å². The van der Waals surface area contributed by atoms with Crippen LogP contribution in [0, 0.1) is 5.82 Å². The lowest BCUT2D eigenvalue weighted by Gasteiger charge is -2.27. The van der Waals surface area contributed by atoms with Crippen molar-refractivity contribution in [2.75, 3.05) is 13.1 Å². The first-order valence-corrected chi connectivity index (χ1v) is 9.39. The number of fused-ring (bicyclic) bond motifs is 1. The van der Waals surface area contributed by atoms with E-state index in [-0.39, 0.29) is 17.8 Å². The van der Waals surface area contributed by atoms with E-state index in [2.05, 4.69) is 27.8 Å². The highest BCUT2D eigenvalue weighted by molar-refractivity contribution is 7.13. The normalized spacial score (nSPS) is 16.1. The summed E-state index contributed by atoms with van der Waals surface area (Å²) in [6.07, 6.45) is 1.01. The Hall–Kier alpha value is -2.57. The Morgan fingerprint density at radius 1 is 1.23 bits per heavy atom. The standard InChI is InChI=1S/C20H18FN3OS/c21-15-7-5-14(6-8-15)20-24-18(12-26-20)19(25)23-11-17-16-4-2-1-3-13(16)9-10-22-17/h1-8,12,17,22H,9-11H2,(H,23,25). The topological polar surface area (TPSA) is 54.0 Å². The van der Waals surface area contributed by atoms with Gasteiger partial charge in [-0.1, -0.05) is 24.3 Å². The average Bonchev–Trinajstić information content (AvgIpc) is 3.17. The largest absolute Gasteiger partial charge is 0.349 e. The van der Waals surface area contributed by atoms with Crippen LogP contribution < -0.4 is 10.6 Å². The van der Waals surface area contributed by atoms with E-state index in [4.69, 9.17) is 0 Å². The smallest absolute Gasteiger partial charge is 0.270 e. The van der Waals surface area contributed by atoms with Gasteiger partial charge in [-0.2, -0.15) is 0 Å². The number of hydrogen-bond donors (Lipinski definition) is 2. The van der Waals surface area contributed by atoms with Gasteiger partial charge < -0.3 is 10.6 Å². The predicted octanol–water partition coefficient (Wildman–Crippen LogP) is 3.57. The molecule has 6 heteroatoms. The van der Waals surface area contributed by atoms with Crippen LogP contribution in [0.5, 0.6) is 0 Å². The molecule has 4 nitrogen and oxygen atoms in total. The molecule has 1 aliphatic rings. The molecule has 0 fully saturated rings. The Labute approximate surface area is 155 Å². The van der Waals surface area contributed by atoms with Crippen molar-refractivity contribution >= 4 is 17.2 Å². The van der Waals surface area contributed by atoms with Gasteiger partial charge in [0, 0.05) is 23.5 Å². The molecule has 0 spiro atoms. The second-order valence-electron chi connectivity index (χ2n) is 6.21. The van der Waals surface area contributed by atoms with E-state index in [0.29, 0.717) is 17.2 Å². The third kappa shape index (κ3) is 3.52. The summed E-state index contributed by atoms with van der Waals surface area (Å²) in [6, 6.07) is 14.5. The Morgan fingerprint density at radius 2 is 2.04 bits per heavy atom. The minimum Gasteiger partial charge on any atom is -0.349 e. The van der Waals surface area contributed by atoms with Gasteiger partial charge in [0.1, 0.15) is 16.5 Å². The summed E-state index contributed by atoms with van der Waals surface area (Å²) >= 11 is 1.38. The van der Waals surface area contributed by atoms with Crippen molar-refractivity contribution in [3.63, 3.8) is 0 Å². The molecule has 132 valence electrons. The Bertz CT molecular complexity index is 923. The molecule has 4 rings (SSSR count). The fraction of sp³-hybridized carbons (Fsp3) is 0.200. The molecule has 1 unspecified atom stereocenters. The minimum atomic E-state index is -0.288. The minimum absolute atomic E-state index is 0.110. The van der Waals surface area contributed by atoms with Crippen molar-refractivity contribution in [3.8, 4) is 10.6 Å². The molecule has 1 atom stereocenters. The first kappa shape index (κ1) is 16.9. The van der Waals surface area contributed by atoms with Gasteiger partial charge in [-0.05, 0) is 48.4 Å². The van der Waals surface area contributed by atoms with Crippen LogP contribution in [0.2, 0.25) is 0 Å². The monoisotopic (exact) mass is 367 g/mol. The zero-order valence-electron chi connectivity index (χ0n) is 14.0. The van der Waals surface area contributed by atoms with Crippen LogP contribution in [-0.2, 0) is 6.42 Å². The van der Waals surface area contributed by atoms with Gasteiger partial charge in [0.2, 0.25) is 0 Å². The summed E-state index contributed by atoms with van der Waals surface area (Å²) in [4.78, 5) is 16.8. The number of nitrogens with zero attached hydrogens (tertiary/aromatic N) is 1. The number of nitrogens with one attached hydrogen (secondary N) is 2. The molecular formula is C20H18FN3OS. The highest BCUT2D eigenvalue weighted by Gasteiger charge is 2.20. The van der Waals surface area contributed by atoms with Crippen LogP contribution in [0.1, 0.15) is 27.7 Å². The van der Waals surface area contributed by atoms with E-state index in [9.17, 15) is 9.18 Å². The average molecular weight is 367 g/mol. The van der Waals surface area contributed by atoms with Gasteiger partial charge in [0.25, 0.3) is 5.91 Å². The predicted molar refractivity (Wildman–Crippen MR) is 101 cm³/mol. The van der Waals surface area contributed by atoms with Crippen LogP contribution in [0.3, 0.4) is 0 Å². The molecule has 0 saturated carbocycles. The lowest BCUT2D eigenvalue weighted by atomic mass is 9.94. The van der Waals surface area contributed by atoms with Gasteiger partial charge in [0.05, 0.1) is 0 Å². The van der Waals surface area contributed by atoms with Crippen LogP contribution >= 0.6 is 11.3 Å². The number of aromatic nitrogens is 1. The number of halogens is 1. The van der Waals surface area contributed by atoms with Crippen molar-refractivity contribution in [1.82, 2.24) is 15.6 Å². The second kappa shape index (κ2) is 7.35. The van der Waals surface area contributed by atoms with Gasteiger partial charge in [-0.3, -0.25) is 4.79 Å². The number of amides is 1. The fourth-order valence-electron chi connectivity index (χ4n) is 3.16. The molecule has 1 aromatic heterocycles. The Balaban J connectivity index is 1.43. The molecular weight excluding hydrogens is 349 g/mol. The third-order valence-electron chi connectivity index (χ3n) is 4.51.